The van der Waals surface area contributed by atoms with Crippen LogP contribution in [0.5, 0.6) is 0 Å². The molecule has 0 aliphatic heterocycles. The second-order valence-electron chi connectivity index (χ2n) is 7.22. The fourth-order valence-corrected chi connectivity index (χ4v) is 3.79. The highest BCUT2D eigenvalue weighted by atomic mass is 35.5. The lowest BCUT2D eigenvalue weighted by Crippen LogP contribution is -2.41. The number of hydrogen-bond donors (Lipinski definition) is 0. The second-order valence-corrected chi connectivity index (χ2v) is 7.66. The van der Waals surface area contributed by atoms with Gasteiger partial charge in [0.1, 0.15) is 5.82 Å². The molecule has 0 N–H and O–H groups in total. The summed E-state index contributed by atoms with van der Waals surface area (Å²) in [6, 6.07) is 7.15. The van der Waals surface area contributed by atoms with Crippen molar-refractivity contribution in [2.24, 2.45) is 7.05 Å². The second kappa shape index (κ2) is 8.31. The molecule has 8 nitrogen and oxygen atoms in total. The fourth-order valence-electron chi connectivity index (χ4n) is 3.67. The summed E-state index contributed by atoms with van der Waals surface area (Å²) in [5, 5.41) is 0.609. The summed E-state index contributed by atoms with van der Waals surface area (Å²) < 4.78 is 6.65. The molecule has 9 heteroatoms. The molecule has 0 saturated carbocycles. The van der Waals surface area contributed by atoms with Crippen LogP contribution in [0.25, 0.3) is 11.2 Å². The maximum atomic E-state index is 13.3. The van der Waals surface area contributed by atoms with Gasteiger partial charge in [0.05, 0.1) is 12.9 Å². The average molecular weight is 427 g/mol. The van der Waals surface area contributed by atoms with Crippen LogP contribution in [0, 0.1) is 0 Å². The fraction of sp³-hybridized carbons (Fsp3) is 0.333. The molecular weight excluding hydrogens is 404 g/mol. The quantitative estimate of drug-likeness (QED) is 0.454. The van der Waals surface area contributed by atoms with Crippen molar-refractivity contribution >= 4 is 22.8 Å². The highest BCUT2D eigenvalue weighted by molar-refractivity contribution is 6.30. The van der Waals surface area contributed by atoms with E-state index in [2.05, 4.69) is 9.97 Å². The Morgan fingerprint density at radius 3 is 2.50 bits per heavy atom. The molecule has 0 bridgehead atoms. The van der Waals surface area contributed by atoms with Crippen molar-refractivity contribution in [3.8, 4) is 0 Å². The zero-order valence-corrected chi connectivity index (χ0v) is 17.7. The Labute approximate surface area is 178 Å². The molecule has 4 rings (SSSR count). The number of nitrogens with zero attached hydrogens (tertiary/aromatic N) is 6. The van der Waals surface area contributed by atoms with Crippen molar-refractivity contribution in [3.05, 3.63) is 80.2 Å². The van der Waals surface area contributed by atoms with Crippen LogP contribution in [-0.4, -0.2) is 28.2 Å². The van der Waals surface area contributed by atoms with E-state index in [1.165, 1.54) is 4.57 Å². The van der Waals surface area contributed by atoms with E-state index in [4.69, 9.17) is 11.6 Å². The zero-order valence-electron chi connectivity index (χ0n) is 17.0. The van der Waals surface area contributed by atoms with E-state index in [0.29, 0.717) is 35.6 Å². The van der Waals surface area contributed by atoms with Gasteiger partial charge in [-0.2, -0.15) is 0 Å². The van der Waals surface area contributed by atoms with Crippen molar-refractivity contribution in [1.29, 1.82) is 0 Å². The SMILES string of the molecule is CCc1nc2c(c(=O)n(Cc3ccc(Cl)cc3)c(=O)n2CCCn2ccnc2)n1C. The Bertz CT molecular complexity index is 1280. The minimum absolute atomic E-state index is 0.179. The summed E-state index contributed by atoms with van der Waals surface area (Å²) in [4.78, 5) is 35.2. The molecule has 0 radical (unpaired) electrons. The predicted molar refractivity (Wildman–Crippen MR) is 116 cm³/mol. The van der Waals surface area contributed by atoms with E-state index in [1.807, 2.05) is 36.9 Å². The van der Waals surface area contributed by atoms with E-state index in [1.54, 1.807) is 33.8 Å². The van der Waals surface area contributed by atoms with Gasteiger partial charge in [-0.1, -0.05) is 30.7 Å². The van der Waals surface area contributed by atoms with Gasteiger partial charge >= 0.3 is 5.69 Å². The first-order valence-corrected chi connectivity index (χ1v) is 10.3. The molecular formula is C21H23ClN6O2. The maximum Gasteiger partial charge on any atom is 0.333 e. The lowest BCUT2D eigenvalue weighted by Gasteiger charge is -2.12. The van der Waals surface area contributed by atoms with Crippen LogP contribution in [0.1, 0.15) is 24.7 Å². The number of aromatic nitrogens is 6. The normalized spacial score (nSPS) is 11.4. The standard InChI is InChI=1S/C21H23ClN6O2/c1-3-17-24-19-18(25(17)2)20(29)28(13-15-5-7-16(22)8-6-15)21(30)27(19)11-4-10-26-12-9-23-14-26/h5-9,12,14H,3-4,10-11,13H2,1-2H3. The van der Waals surface area contributed by atoms with E-state index in [0.717, 1.165) is 17.9 Å². The molecule has 0 aliphatic rings. The van der Waals surface area contributed by atoms with Crippen molar-refractivity contribution in [3.63, 3.8) is 0 Å². The lowest BCUT2D eigenvalue weighted by molar-refractivity contribution is 0.532. The third-order valence-corrected chi connectivity index (χ3v) is 5.51. The van der Waals surface area contributed by atoms with Gasteiger partial charge in [-0.15, -0.1) is 0 Å². The summed E-state index contributed by atoms with van der Waals surface area (Å²) in [5.74, 6) is 0.772. The smallest absolute Gasteiger partial charge is 0.333 e. The van der Waals surface area contributed by atoms with E-state index in [-0.39, 0.29) is 17.8 Å². The molecule has 0 atom stereocenters. The first-order chi connectivity index (χ1) is 14.5. The van der Waals surface area contributed by atoms with Gasteiger partial charge in [0.2, 0.25) is 0 Å². The summed E-state index contributed by atoms with van der Waals surface area (Å²) in [6.07, 6.45) is 6.74. The molecule has 3 aromatic heterocycles. The summed E-state index contributed by atoms with van der Waals surface area (Å²) >= 11 is 5.97. The Hall–Kier alpha value is -3.13. The lowest BCUT2D eigenvalue weighted by atomic mass is 10.2. The number of rotatable bonds is 7. The van der Waals surface area contributed by atoms with Crippen molar-refractivity contribution in [2.45, 2.75) is 39.4 Å². The van der Waals surface area contributed by atoms with Gasteiger partial charge < -0.3 is 9.13 Å². The molecule has 0 spiro atoms. The molecule has 0 aliphatic carbocycles. The van der Waals surface area contributed by atoms with Gasteiger partial charge in [-0.3, -0.25) is 13.9 Å². The Balaban J connectivity index is 1.80. The van der Waals surface area contributed by atoms with Gasteiger partial charge in [0, 0.05) is 44.0 Å². The Morgan fingerprint density at radius 2 is 1.83 bits per heavy atom. The molecule has 0 amide bonds. The van der Waals surface area contributed by atoms with Gasteiger partial charge in [0.25, 0.3) is 5.56 Å². The van der Waals surface area contributed by atoms with Crippen molar-refractivity contribution in [1.82, 2.24) is 28.2 Å². The first-order valence-electron chi connectivity index (χ1n) is 9.88. The molecule has 1 aromatic carbocycles. The number of benzene rings is 1. The Morgan fingerprint density at radius 1 is 1.07 bits per heavy atom. The van der Waals surface area contributed by atoms with E-state index >= 15 is 0 Å². The average Bonchev–Trinajstić information content (AvgIpc) is 3.37. The van der Waals surface area contributed by atoms with Crippen molar-refractivity contribution in [2.75, 3.05) is 0 Å². The third-order valence-electron chi connectivity index (χ3n) is 5.26. The molecule has 156 valence electrons. The van der Waals surface area contributed by atoms with Crippen LogP contribution in [0.3, 0.4) is 0 Å². The van der Waals surface area contributed by atoms with Crippen LogP contribution in [-0.2, 0) is 33.1 Å². The van der Waals surface area contributed by atoms with Crippen LogP contribution in [0.15, 0.2) is 52.6 Å². The zero-order chi connectivity index (χ0) is 21.3. The molecule has 0 unspecified atom stereocenters. The van der Waals surface area contributed by atoms with Crippen molar-refractivity contribution < 1.29 is 0 Å². The minimum Gasteiger partial charge on any atom is -0.337 e. The van der Waals surface area contributed by atoms with E-state index in [9.17, 15) is 9.59 Å². The number of aryl methyl sites for hydroxylation is 4. The largest absolute Gasteiger partial charge is 0.337 e. The Kier molecular flexibility index (Phi) is 5.59. The van der Waals surface area contributed by atoms with Gasteiger partial charge in [-0.25, -0.2) is 14.8 Å². The number of hydrogen-bond acceptors (Lipinski definition) is 4. The van der Waals surface area contributed by atoms with Gasteiger partial charge in [0.15, 0.2) is 11.2 Å². The number of fused-ring (bicyclic) bond motifs is 1. The first kappa shape index (κ1) is 20.2. The van der Waals surface area contributed by atoms with Crippen LogP contribution in [0.4, 0.5) is 0 Å². The van der Waals surface area contributed by atoms with Crippen LogP contribution >= 0.6 is 11.6 Å². The number of halogens is 1. The monoisotopic (exact) mass is 426 g/mol. The topological polar surface area (TPSA) is 79.6 Å². The summed E-state index contributed by atoms with van der Waals surface area (Å²) in [5.41, 5.74) is 1.05. The predicted octanol–water partition coefficient (Wildman–Crippen LogP) is 2.45. The maximum absolute atomic E-state index is 13.3. The molecule has 4 aromatic rings. The molecule has 3 heterocycles. The van der Waals surface area contributed by atoms with Gasteiger partial charge in [-0.05, 0) is 24.1 Å². The van der Waals surface area contributed by atoms with Crippen LogP contribution in [0.2, 0.25) is 5.02 Å². The highest BCUT2D eigenvalue weighted by Crippen LogP contribution is 2.13. The summed E-state index contributed by atoms with van der Waals surface area (Å²) in [7, 11) is 1.82. The van der Waals surface area contributed by atoms with E-state index < -0.39 is 0 Å². The highest BCUT2D eigenvalue weighted by Gasteiger charge is 2.19. The molecule has 0 fully saturated rings. The summed E-state index contributed by atoms with van der Waals surface area (Å²) in [6.45, 7) is 3.33. The van der Waals surface area contributed by atoms with Crippen LogP contribution < -0.4 is 11.2 Å². The number of imidazole rings is 2. The third kappa shape index (κ3) is 3.70. The molecule has 0 saturated heterocycles. The molecule has 30 heavy (non-hydrogen) atoms. The minimum atomic E-state index is -0.353.